The number of nitrogens with zero attached hydrogens (tertiary/aromatic N) is 2. The summed E-state index contributed by atoms with van der Waals surface area (Å²) in [6.07, 6.45) is 6.03. The van der Waals surface area contributed by atoms with Crippen LogP contribution in [-0.4, -0.2) is 57.1 Å². The van der Waals surface area contributed by atoms with Crippen molar-refractivity contribution in [1.29, 1.82) is 0 Å². The van der Waals surface area contributed by atoms with Gasteiger partial charge in [0.2, 0.25) is 21.8 Å². The zero-order valence-electron chi connectivity index (χ0n) is 21.2. The molecule has 0 aliphatic heterocycles. The van der Waals surface area contributed by atoms with E-state index in [4.69, 9.17) is 27.9 Å². The van der Waals surface area contributed by atoms with E-state index in [0.717, 1.165) is 42.7 Å². The molecule has 0 saturated heterocycles. The van der Waals surface area contributed by atoms with Crippen LogP contribution >= 0.6 is 23.2 Å². The number of hydrogen-bond donors (Lipinski definition) is 1. The van der Waals surface area contributed by atoms with Crippen molar-refractivity contribution in [1.82, 2.24) is 10.2 Å². The average molecular weight is 571 g/mol. The number of benzene rings is 2. The summed E-state index contributed by atoms with van der Waals surface area (Å²) in [7, 11) is -2.53. The van der Waals surface area contributed by atoms with Crippen LogP contribution in [0.1, 0.15) is 44.6 Å². The molecule has 0 aromatic heterocycles. The van der Waals surface area contributed by atoms with Crippen LogP contribution < -0.4 is 14.4 Å². The maximum Gasteiger partial charge on any atom is 0.244 e. The summed E-state index contributed by atoms with van der Waals surface area (Å²) >= 11 is 12.5. The van der Waals surface area contributed by atoms with E-state index in [9.17, 15) is 18.0 Å². The van der Waals surface area contributed by atoms with Crippen molar-refractivity contribution in [3.63, 3.8) is 0 Å². The zero-order chi connectivity index (χ0) is 27.2. The van der Waals surface area contributed by atoms with Crippen molar-refractivity contribution < 1.29 is 22.7 Å². The first-order chi connectivity index (χ1) is 17.5. The maximum atomic E-state index is 13.7. The second kappa shape index (κ2) is 12.8. The SMILES string of the molecule is COc1ccc(Cl)cc1N(CC(=O)N(Cc1ccccc1Cl)[C@@H](C)C(=O)NC1CCCCC1)S(C)(=O)=O. The molecule has 1 aliphatic carbocycles. The molecule has 8 nitrogen and oxygen atoms in total. The van der Waals surface area contributed by atoms with Crippen LogP contribution in [-0.2, 0) is 26.2 Å². The van der Waals surface area contributed by atoms with Crippen LogP contribution in [0.3, 0.4) is 0 Å². The number of halogens is 2. The Balaban J connectivity index is 1.93. The summed E-state index contributed by atoms with van der Waals surface area (Å²) in [6.45, 7) is 1.11. The molecule has 0 radical (unpaired) electrons. The van der Waals surface area contributed by atoms with Crippen molar-refractivity contribution >= 4 is 50.7 Å². The Hall–Kier alpha value is -2.49. The third kappa shape index (κ3) is 7.75. The molecule has 202 valence electrons. The van der Waals surface area contributed by atoms with E-state index in [1.807, 2.05) is 0 Å². The number of sulfonamides is 1. The van der Waals surface area contributed by atoms with Gasteiger partial charge in [-0.25, -0.2) is 8.42 Å². The summed E-state index contributed by atoms with van der Waals surface area (Å²) in [4.78, 5) is 28.3. The van der Waals surface area contributed by atoms with E-state index >= 15 is 0 Å². The minimum absolute atomic E-state index is 0.0298. The monoisotopic (exact) mass is 569 g/mol. The second-order valence-electron chi connectivity index (χ2n) is 9.22. The van der Waals surface area contributed by atoms with Gasteiger partial charge in [-0.15, -0.1) is 0 Å². The van der Waals surface area contributed by atoms with Gasteiger partial charge in [0.05, 0.1) is 19.1 Å². The number of ether oxygens (including phenoxy) is 1. The molecular weight excluding hydrogens is 537 g/mol. The van der Waals surface area contributed by atoms with Gasteiger partial charge in [-0.2, -0.15) is 0 Å². The minimum atomic E-state index is -3.92. The molecule has 1 fully saturated rings. The number of carbonyl (C=O) groups excluding carboxylic acids is 2. The van der Waals surface area contributed by atoms with Gasteiger partial charge < -0.3 is 15.0 Å². The first-order valence-corrected chi connectivity index (χ1v) is 14.8. The van der Waals surface area contributed by atoms with Crippen LogP contribution in [0, 0.1) is 0 Å². The summed E-state index contributed by atoms with van der Waals surface area (Å²) < 4.78 is 31.9. The predicted molar refractivity (Wildman–Crippen MR) is 147 cm³/mol. The van der Waals surface area contributed by atoms with Crippen molar-refractivity contribution in [2.75, 3.05) is 24.2 Å². The van der Waals surface area contributed by atoms with E-state index in [1.54, 1.807) is 37.3 Å². The van der Waals surface area contributed by atoms with Crippen LogP contribution in [0.5, 0.6) is 5.75 Å². The largest absolute Gasteiger partial charge is 0.495 e. The van der Waals surface area contributed by atoms with Crippen molar-refractivity contribution in [2.24, 2.45) is 0 Å². The van der Waals surface area contributed by atoms with Crippen molar-refractivity contribution in [3.8, 4) is 5.75 Å². The van der Waals surface area contributed by atoms with Crippen molar-refractivity contribution in [3.05, 3.63) is 58.1 Å². The molecule has 2 aromatic carbocycles. The van der Waals surface area contributed by atoms with E-state index < -0.39 is 28.5 Å². The van der Waals surface area contributed by atoms with E-state index in [-0.39, 0.29) is 35.0 Å². The van der Waals surface area contributed by atoms with E-state index in [1.165, 1.54) is 24.1 Å². The lowest BCUT2D eigenvalue weighted by atomic mass is 9.95. The molecular formula is C26H33Cl2N3O5S. The molecule has 2 amide bonds. The van der Waals surface area contributed by atoms with Crippen LogP contribution in [0.15, 0.2) is 42.5 Å². The Morgan fingerprint density at radius 3 is 2.41 bits per heavy atom. The molecule has 0 spiro atoms. The zero-order valence-corrected chi connectivity index (χ0v) is 23.6. The lowest BCUT2D eigenvalue weighted by Gasteiger charge is -2.33. The van der Waals surface area contributed by atoms with Crippen LogP contribution in [0.2, 0.25) is 10.0 Å². The molecule has 37 heavy (non-hydrogen) atoms. The Kier molecular flexibility index (Phi) is 10.1. The number of rotatable bonds is 10. The molecule has 1 saturated carbocycles. The maximum absolute atomic E-state index is 13.7. The standard InChI is InChI=1S/C26H33Cl2N3O5S/c1-18(26(33)29-21-10-5-4-6-11-21)30(16-19-9-7-8-12-22(19)28)25(32)17-31(37(3,34)35)23-15-20(27)13-14-24(23)36-2/h7-9,12-15,18,21H,4-6,10-11,16-17H2,1-3H3,(H,29,33)/t18-/m0/s1. The number of methoxy groups -OCH3 is 1. The fourth-order valence-electron chi connectivity index (χ4n) is 4.41. The summed E-state index contributed by atoms with van der Waals surface area (Å²) in [6, 6.07) is 10.7. The molecule has 3 rings (SSSR count). The highest BCUT2D eigenvalue weighted by Gasteiger charge is 2.32. The fourth-order valence-corrected chi connectivity index (χ4v) is 5.62. The van der Waals surface area contributed by atoms with Crippen molar-refractivity contribution in [2.45, 2.75) is 57.7 Å². The first-order valence-electron chi connectivity index (χ1n) is 12.2. The summed E-state index contributed by atoms with van der Waals surface area (Å²) in [5.41, 5.74) is 0.768. The van der Waals surface area contributed by atoms with E-state index in [0.29, 0.717) is 10.6 Å². The third-order valence-electron chi connectivity index (χ3n) is 6.51. The van der Waals surface area contributed by atoms with Crippen LogP contribution in [0.4, 0.5) is 5.69 Å². The van der Waals surface area contributed by atoms with Crippen LogP contribution in [0.25, 0.3) is 0 Å². The molecule has 0 bridgehead atoms. The molecule has 1 atom stereocenters. The normalized spacial score (nSPS) is 15.1. The Morgan fingerprint density at radius 1 is 1.11 bits per heavy atom. The minimum Gasteiger partial charge on any atom is -0.495 e. The number of amides is 2. The average Bonchev–Trinajstić information content (AvgIpc) is 2.86. The highest BCUT2D eigenvalue weighted by Crippen LogP contribution is 2.33. The van der Waals surface area contributed by atoms with Gasteiger partial charge in [-0.05, 0) is 49.6 Å². The smallest absolute Gasteiger partial charge is 0.244 e. The number of carbonyl (C=O) groups is 2. The van der Waals surface area contributed by atoms with Gasteiger partial charge in [0.25, 0.3) is 0 Å². The lowest BCUT2D eigenvalue weighted by molar-refractivity contribution is -0.139. The van der Waals surface area contributed by atoms with Gasteiger partial charge in [0, 0.05) is 22.6 Å². The van der Waals surface area contributed by atoms with Gasteiger partial charge in [-0.1, -0.05) is 60.7 Å². The highest BCUT2D eigenvalue weighted by molar-refractivity contribution is 7.92. The van der Waals surface area contributed by atoms with Gasteiger partial charge in [-0.3, -0.25) is 13.9 Å². The van der Waals surface area contributed by atoms with Gasteiger partial charge >= 0.3 is 0 Å². The predicted octanol–water partition coefficient (Wildman–Crippen LogP) is 4.63. The van der Waals surface area contributed by atoms with Gasteiger partial charge in [0.15, 0.2) is 0 Å². The third-order valence-corrected chi connectivity index (χ3v) is 8.24. The second-order valence-corrected chi connectivity index (χ2v) is 12.0. The number of anilines is 1. The topological polar surface area (TPSA) is 96.0 Å². The first kappa shape index (κ1) is 29.1. The lowest BCUT2D eigenvalue weighted by Crippen LogP contribution is -2.53. The summed E-state index contributed by atoms with van der Waals surface area (Å²) in [5, 5.41) is 3.78. The van der Waals surface area contributed by atoms with E-state index in [2.05, 4.69) is 5.32 Å². The number of hydrogen-bond acceptors (Lipinski definition) is 5. The molecule has 11 heteroatoms. The molecule has 0 unspecified atom stereocenters. The Bertz CT molecular complexity index is 1220. The summed E-state index contributed by atoms with van der Waals surface area (Å²) in [5.74, 6) is -0.624. The molecule has 2 aromatic rings. The molecule has 1 N–H and O–H groups in total. The molecule has 0 heterocycles. The Morgan fingerprint density at radius 2 is 1.78 bits per heavy atom. The molecule has 1 aliphatic rings. The number of nitrogens with one attached hydrogen (secondary N) is 1. The van der Waals surface area contributed by atoms with Gasteiger partial charge in [0.1, 0.15) is 18.3 Å². The highest BCUT2D eigenvalue weighted by atomic mass is 35.5. The Labute approximate surface area is 228 Å². The fraction of sp³-hybridized carbons (Fsp3) is 0.462. The quantitative estimate of drug-likeness (QED) is 0.449.